The minimum absolute atomic E-state index is 0.191. The van der Waals surface area contributed by atoms with E-state index in [4.69, 9.17) is 22.1 Å². The summed E-state index contributed by atoms with van der Waals surface area (Å²) in [5.41, 5.74) is 6.81. The molecule has 1 aromatic heterocycles. The SMILES string of the molecule is C=CN(CC(C)C)c1nc(Cl)nc(N2CCOCC2)c1N. The number of anilines is 3. The van der Waals surface area contributed by atoms with Crippen molar-refractivity contribution in [2.75, 3.05) is 48.4 Å². The maximum absolute atomic E-state index is 6.28. The Hall–Kier alpha value is -1.53. The highest BCUT2D eigenvalue weighted by Crippen LogP contribution is 2.32. The van der Waals surface area contributed by atoms with Crippen molar-refractivity contribution in [3.63, 3.8) is 0 Å². The Balaban J connectivity index is 2.37. The fraction of sp³-hybridized carbons (Fsp3) is 0.571. The summed E-state index contributed by atoms with van der Waals surface area (Å²) in [6, 6.07) is 0. The highest BCUT2D eigenvalue weighted by Gasteiger charge is 2.21. The molecule has 0 radical (unpaired) electrons. The third-order valence-electron chi connectivity index (χ3n) is 3.24. The van der Waals surface area contributed by atoms with Crippen LogP contribution in [0.5, 0.6) is 0 Å². The molecule has 0 aliphatic carbocycles. The van der Waals surface area contributed by atoms with Crippen LogP contribution in [0.15, 0.2) is 12.8 Å². The zero-order chi connectivity index (χ0) is 15.4. The maximum atomic E-state index is 6.28. The number of hydrogen-bond acceptors (Lipinski definition) is 6. The summed E-state index contributed by atoms with van der Waals surface area (Å²) < 4.78 is 5.36. The zero-order valence-electron chi connectivity index (χ0n) is 12.5. The molecular weight excluding hydrogens is 290 g/mol. The van der Waals surface area contributed by atoms with Crippen molar-refractivity contribution >= 4 is 28.9 Å². The summed E-state index contributed by atoms with van der Waals surface area (Å²) in [6.45, 7) is 11.7. The summed E-state index contributed by atoms with van der Waals surface area (Å²) in [4.78, 5) is 12.6. The van der Waals surface area contributed by atoms with E-state index in [9.17, 15) is 0 Å². The first-order chi connectivity index (χ1) is 10.0. The third kappa shape index (κ3) is 3.77. The molecule has 1 aliphatic heterocycles. The van der Waals surface area contributed by atoms with Gasteiger partial charge in [0.15, 0.2) is 11.6 Å². The maximum Gasteiger partial charge on any atom is 0.226 e. The number of hydrogen-bond donors (Lipinski definition) is 1. The number of morpholine rings is 1. The fourth-order valence-corrected chi connectivity index (χ4v) is 2.46. The predicted octanol–water partition coefficient (Wildman–Crippen LogP) is 2.15. The molecule has 0 aromatic carbocycles. The normalized spacial score (nSPS) is 15.3. The minimum atomic E-state index is 0.191. The first-order valence-corrected chi connectivity index (χ1v) is 7.45. The molecule has 21 heavy (non-hydrogen) atoms. The molecule has 1 fully saturated rings. The molecule has 116 valence electrons. The summed E-state index contributed by atoms with van der Waals surface area (Å²) in [5.74, 6) is 1.73. The lowest BCUT2D eigenvalue weighted by Crippen LogP contribution is -2.37. The van der Waals surface area contributed by atoms with Gasteiger partial charge in [-0.2, -0.15) is 9.97 Å². The Bertz CT molecular complexity index is 502. The highest BCUT2D eigenvalue weighted by atomic mass is 35.5. The van der Waals surface area contributed by atoms with Gasteiger partial charge >= 0.3 is 0 Å². The number of nitrogens with two attached hydrogens (primary N) is 1. The van der Waals surface area contributed by atoms with E-state index in [1.807, 2.05) is 4.90 Å². The molecule has 0 saturated carbocycles. The molecule has 0 unspecified atom stereocenters. The molecule has 6 nitrogen and oxygen atoms in total. The smallest absolute Gasteiger partial charge is 0.226 e. The van der Waals surface area contributed by atoms with Crippen molar-refractivity contribution < 1.29 is 4.74 Å². The van der Waals surface area contributed by atoms with E-state index in [2.05, 4.69) is 35.3 Å². The van der Waals surface area contributed by atoms with Crippen molar-refractivity contribution in [1.29, 1.82) is 0 Å². The number of halogens is 1. The number of rotatable bonds is 5. The summed E-state index contributed by atoms with van der Waals surface area (Å²) >= 11 is 6.08. The molecule has 0 bridgehead atoms. The molecule has 1 aliphatic rings. The van der Waals surface area contributed by atoms with E-state index >= 15 is 0 Å². The van der Waals surface area contributed by atoms with Crippen LogP contribution in [0.2, 0.25) is 5.28 Å². The van der Waals surface area contributed by atoms with Gasteiger partial charge in [0.1, 0.15) is 5.69 Å². The molecule has 0 spiro atoms. The van der Waals surface area contributed by atoms with Gasteiger partial charge in [0.25, 0.3) is 0 Å². The van der Waals surface area contributed by atoms with Gasteiger partial charge in [-0.05, 0) is 23.7 Å². The number of nitrogens with zero attached hydrogens (tertiary/aromatic N) is 4. The minimum Gasteiger partial charge on any atom is -0.393 e. The quantitative estimate of drug-likeness (QED) is 0.841. The average Bonchev–Trinajstić information content (AvgIpc) is 2.47. The Morgan fingerprint density at radius 3 is 2.67 bits per heavy atom. The van der Waals surface area contributed by atoms with Gasteiger partial charge in [-0.3, -0.25) is 0 Å². The van der Waals surface area contributed by atoms with E-state index < -0.39 is 0 Å². The van der Waals surface area contributed by atoms with Crippen LogP contribution in [0.25, 0.3) is 0 Å². The fourth-order valence-electron chi connectivity index (χ4n) is 2.30. The van der Waals surface area contributed by atoms with Crippen LogP contribution >= 0.6 is 11.6 Å². The summed E-state index contributed by atoms with van der Waals surface area (Å²) in [6.07, 6.45) is 1.72. The second-order valence-corrected chi connectivity index (χ2v) is 5.72. The Morgan fingerprint density at radius 1 is 1.43 bits per heavy atom. The standard InChI is InChI=1S/C14H22ClN5O/c1-4-19(9-10(2)3)12-11(16)13(18-14(15)17-12)20-5-7-21-8-6-20/h4,10H,1,5-9,16H2,2-3H3. The second-order valence-electron chi connectivity index (χ2n) is 5.38. The van der Waals surface area contributed by atoms with Crippen LogP contribution in [0, 0.1) is 5.92 Å². The van der Waals surface area contributed by atoms with Gasteiger partial charge in [-0.1, -0.05) is 20.4 Å². The largest absolute Gasteiger partial charge is 0.393 e. The lowest BCUT2D eigenvalue weighted by Gasteiger charge is -2.30. The summed E-state index contributed by atoms with van der Waals surface area (Å²) in [5, 5.41) is 0.191. The molecule has 1 saturated heterocycles. The van der Waals surface area contributed by atoms with E-state index in [0.29, 0.717) is 36.5 Å². The monoisotopic (exact) mass is 311 g/mol. The van der Waals surface area contributed by atoms with Gasteiger partial charge in [0.2, 0.25) is 5.28 Å². The van der Waals surface area contributed by atoms with Crippen molar-refractivity contribution in [2.24, 2.45) is 5.92 Å². The molecule has 2 rings (SSSR count). The van der Waals surface area contributed by atoms with E-state index in [1.165, 1.54) is 0 Å². The topological polar surface area (TPSA) is 67.5 Å². The van der Waals surface area contributed by atoms with E-state index in [0.717, 1.165) is 19.6 Å². The molecule has 7 heteroatoms. The van der Waals surface area contributed by atoms with Crippen LogP contribution in [-0.4, -0.2) is 42.8 Å². The van der Waals surface area contributed by atoms with Crippen molar-refractivity contribution in [3.05, 3.63) is 18.1 Å². The van der Waals surface area contributed by atoms with Crippen LogP contribution in [0.3, 0.4) is 0 Å². The lowest BCUT2D eigenvalue weighted by atomic mass is 10.2. The van der Waals surface area contributed by atoms with Crippen LogP contribution in [-0.2, 0) is 4.74 Å². The van der Waals surface area contributed by atoms with E-state index in [1.54, 1.807) is 6.20 Å². The lowest BCUT2D eigenvalue weighted by molar-refractivity contribution is 0.122. The van der Waals surface area contributed by atoms with Crippen LogP contribution < -0.4 is 15.5 Å². The first kappa shape index (κ1) is 15.9. The first-order valence-electron chi connectivity index (χ1n) is 7.07. The van der Waals surface area contributed by atoms with Gasteiger partial charge in [-0.15, -0.1) is 0 Å². The van der Waals surface area contributed by atoms with Crippen molar-refractivity contribution in [2.45, 2.75) is 13.8 Å². The van der Waals surface area contributed by atoms with Gasteiger partial charge in [0, 0.05) is 19.6 Å². The summed E-state index contributed by atoms with van der Waals surface area (Å²) in [7, 11) is 0. The Morgan fingerprint density at radius 2 is 2.10 bits per heavy atom. The number of ether oxygens (including phenoxy) is 1. The molecule has 0 atom stereocenters. The highest BCUT2D eigenvalue weighted by molar-refractivity contribution is 6.28. The molecule has 2 heterocycles. The van der Waals surface area contributed by atoms with Crippen LogP contribution in [0.1, 0.15) is 13.8 Å². The zero-order valence-corrected chi connectivity index (χ0v) is 13.3. The predicted molar refractivity (Wildman–Crippen MR) is 86.9 cm³/mol. The van der Waals surface area contributed by atoms with Crippen molar-refractivity contribution in [1.82, 2.24) is 9.97 Å². The third-order valence-corrected chi connectivity index (χ3v) is 3.41. The Kier molecular flexibility index (Phi) is 5.25. The van der Waals surface area contributed by atoms with Gasteiger partial charge in [-0.25, -0.2) is 0 Å². The average molecular weight is 312 g/mol. The second kappa shape index (κ2) is 6.95. The molecule has 1 aromatic rings. The van der Waals surface area contributed by atoms with Gasteiger partial charge < -0.3 is 20.3 Å². The number of aromatic nitrogens is 2. The molecule has 2 N–H and O–H groups in total. The molecule has 0 amide bonds. The van der Waals surface area contributed by atoms with Crippen LogP contribution in [0.4, 0.5) is 17.3 Å². The van der Waals surface area contributed by atoms with Gasteiger partial charge in [0.05, 0.1) is 13.2 Å². The Labute approximate surface area is 130 Å². The molecular formula is C14H22ClN5O. The van der Waals surface area contributed by atoms with E-state index in [-0.39, 0.29) is 5.28 Å². The number of nitrogen functional groups attached to an aromatic ring is 1. The van der Waals surface area contributed by atoms with Crippen molar-refractivity contribution in [3.8, 4) is 0 Å².